The molecule has 2 rings (SSSR count). The van der Waals surface area contributed by atoms with Crippen LogP contribution in [0.5, 0.6) is 11.5 Å². The zero-order chi connectivity index (χ0) is 17.1. The van der Waals surface area contributed by atoms with Gasteiger partial charge in [-0.05, 0) is 30.4 Å². The van der Waals surface area contributed by atoms with E-state index in [9.17, 15) is 24.9 Å². The lowest BCUT2D eigenvalue weighted by Gasteiger charge is -2.26. The summed E-state index contributed by atoms with van der Waals surface area (Å²) in [6, 6.07) is 3.70. The van der Waals surface area contributed by atoms with E-state index in [0.717, 1.165) is 0 Å². The van der Waals surface area contributed by atoms with Gasteiger partial charge in [0.2, 0.25) is 11.8 Å². The summed E-state index contributed by atoms with van der Waals surface area (Å²) in [4.78, 5) is 25.9. The van der Waals surface area contributed by atoms with E-state index in [4.69, 9.17) is 0 Å². The number of amides is 2. The quantitative estimate of drug-likeness (QED) is 0.688. The number of carbonyl (C=O) groups is 2. The normalized spacial score (nSPS) is 19.7. The van der Waals surface area contributed by atoms with Crippen LogP contribution in [-0.2, 0) is 16.0 Å². The number of hydrogen-bond acceptors (Lipinski definition) is 5. The molecule has 1 heterocycles. The number of phenols is 2. The molecule has 0 saturated carbocycles. The van der Waals surface area contributed by atoms with Crippen LogP contribution in [0.3, 0.4) is 0 Å². The molecule has 3 N–H and O–H groups in total. The maximum atomic E-state index is 12.5. The van der Waals surface area contributed by atoms with E-state index in [1.165, 1.54) is 17.0 Å². The van der Waals surface area contributed by atoms with Gasteiger partial charge in [0.25, 0.3) is 0 Å². The van der Waals surface area contributed by atoms with Crippen LogP contribution in [0.15, 0.2) is 18.2 Å². The number of nitrogens with zero attached hydrogens (tertiary/aromatic N) is 1. The van der Waals surface area contributed by atoms with Gasteiger partial charge in [0.1, 0.15) is 11.5 Å². The Morgan fingerprint density at radius 3 is 2.52 bits per heavy atom. The van der Waals surface area contributed by atoms with Gasteiger partial charge >= 0.3 is 0 Å². The van der Waals surface area contributed by atoms with Crippen LogP contribution < -0.4 is 0 Å². The maximum Gasteiger partial charge on any atom is 0.233 e. The van der Waals surface area contributed by atoms with E-state index >= 15 is 0 Å². The molecule has 1 aliphatic rings. The molecular weight excluding hydrogens is 298 g/mol. The topological polar surface area (TPSA) is 98.1 Å². The molecular formula is C17H23NO5. The summed E-state index contributed by atoms with van der Waals surface area (Å²) in [5.74, 6) is -1.02. The smallest absolute Gasteiger partial charge is 0.233 e. The van der Waals surface area contributed by atoms with Gasteiger partial charge in [-0.25, -0.2) is 0 Å². The summed E-state index contributed by atoms with van der Waals surface area (Å²) < 4.78 is 0. The Morgan fingerprint density at radius 1 is 1.26 bits per heavy atom. The molecule has 0 radical (unpaired) electrons. The number of likely N-dealkylation sites (tertiary alicyclic amines) is 1. The van der Waals surface area contributed by atoms with Crippen molar-refractivity contribution in [1.29, 1.82) is 0 Å². The standard InChI is InChI=1S/C17H23NO5/c1-10(2)5-13(9-19)18-16(22)7-12(17(18)23)6-11-3-4-14(20)8-15(11)21/h3-4,8,10,12-13,19-21H,5-7,9H2,1-2H3. The van der Waals surface area contributed by atoms with Gasteiger partial charge in [0, 0.05) is 12.5 Å². The van der Waals surface area contributed by atoms with Crippen LogP contribution in [0, 0.1) is 11.8 Å². The summed E-state index contributed by atoms with van der Waals surface area (Å²) >= 11 is 0. The lowest BCUT2D eigenvalue weighted by atomic mass is 9.97. The average molecular weight is 321 g/mol. The fourth-order valence-corrected chi connectivity index (χ4v) is 3.06. The van der Waals surface area contributed by atoms with Crippen molar-refractivity contribution in [2.24, 2.45) is 11.8 Å². The van der Waals surface area contributed by atoms with Crippen molar-refractivity contribution in [3.8, 4) is 11.5 Å². The Kier molecular flexibility index (Phi) is 5.26. The third kappa shape index (κ3) is 3.82. The minimum atomic E-state index is -0.542. The molecule has 6 nitrogen and oxygen atoms in total. The first-order valence-corrected chi connectivity index (χ1v) is 7.81. The molecule has 0 bridgehead atoms. The second-order valence-electron chi connectivity index (χ2n) is 6.49. The third-order valence-electron chi connectivity index (χ3n) is 4.13. The van der Waals surface area contributed by atoms with Crippen molar-refractivity contribution in [2.75, 3.05) is 6.61 Å². The number of imide groups is 1. The van der Waals surface area contributed by atoms with Gasteiger partial charge in [-0.3, -0.25) is 14.5 Å². The lowest BCUT2D eigenvalue weighted by Crippen LogP contribution is -2.43. The molecule has 2 unspecified atom stereocenters. The first kappa shape index (κ1) is 17.3. The van der Waals surface area contributed by atoms with E-state index < -0.39 is 12.0 Å². The highest BCUT2D eigenvalue weighted by molar-refractivity contribution is 6.04. The van der Waals surface area contributed by atoms with Crippen molar-refractivity contribution in [3.05, 3.63) is 23.8 Å². The monoisotopic (exact) mass is 321 g/mol. The molecule has 2 atom stereocenters. The van der Waals surface area contributed by atoms with E-state index in [2.05, 4.69) is 0 Å². The molecule has 0 aliphatic carbocycles. The van der Waals surface area contributed by atoms with Gasteiger partial charge in [0.15, 0.2) is 0 Å². The van der Waals surface area contributed by atoms with Gasteiger partial charge in [-0.15, -0.1) is 0 Å². The zero-order valence-electron chi connectivity index (χ0n) is 13.4. The fraction of sp³-hybridized carbons (Fsp3) is 0.529. The minimum Gasteiger partial charge on any atom is -0.508 e. The van der Waals surface area contributed by atoms with Crippen LogP contribution in [0.1, 0.15) is 32.3 Å². The first-order valence-electron chi connectivity index (χ1n) is 7.81. The first-order chi connectivity index (χ1) is 10.8. The Balaban J connectivity index is 2.14. The minimum absolute atomic E-state index is 0.0565. The third-order valence-corrected chi connectivity index (χ3v) is 4.13. The number of aliphatic hydroxyl groups excluding tert-OH is 1. The molecule has 0 aromatic heterocycles. The van der Waals surface area contributed by atoms with Crippen molar-refractivity contribution >= 4 is 11.8 Å². The Bertz CT molecular complexity index is 599. The maximum absolute atomic E-state index is 12.5. The molecule has 126 valence electrons. The highest BCUT2D eigenvalue weighted by Crippen LogP contribution is 2.31. The predicted molar refractivity (Wildman–Crippen MR) is 83.8 cm³/mol. The fourth-order valence-electron chi connectivity index (χ4n) is 3.06. The summed E-state index contributed by atoms with van der Waals surface area (Å²) in [6.45, 7) is 3.70. The van der Waals surface area contributed by atoms with Crippen LogP contribution >= 0.6 is 0 Å². The van der Waals surface area contributed by atoms with E-state index in [-0.39, 0.29) is 48.7 Å². The number of hydrogen-bond donors (Lipinski definition) is 3. The lowest BCUT2D eigenvalue weighted by molar-refractivity contribution is -0.143. The Labute approximate surface area is 135 Å². The van der Waals surface area contributed by atoms with Crippen LogP contribution in [0.2, 0.25) is 0 Å². The summed E-state index contributed by atoms with van der Waals surface area (Å²) in [7, 11) is 0. The molecule has 6 heteroatoms. The summed E-state index contributed by atoms with van der Waals surface area (Å²) in [5.41, 5.74) is 0.514. The number of aliphatic hydroxyl groups is 1. The Morgan fingerprint density at radius 2 is 1.96 bits per heavy atom. The van der Waals surface area contributed by atoms with Gasteiger partial charge in [0.05, 0.1) is 18.6 Å². The highest BCUT2D eigenvalue weighted by Gasteiger charge is 2.42. The van der Waals surface area contributed by atoms with Crippen molar-refractivity contribution in [2.45, 2.75) is 39.2 Å². The summed E-state index contributed by atoms with van der Waals surface area (Å²) in [6.07, 6.45) is 0.867. The molecule has 1 saturated heterocycles. The number of benzene rings is 1. The molecule has 2 amide bonds. The highest BCUT2D eigenvalue weighted by atomic mass is 16.3. The summed E-state index contributed by atoms with van der Waals surface area (Å²) in [5, 5.41) is 28.6. The van der Waals surface area contributed by atoms with Crippen molar-refractivity contribution in [1.82, 2.24) is 4.90 Å². The van der Waals surface area contributed by atoms with Crippen molar-refractivity contribution < 1.29 is 24.9 Å². The Hall–Kier alpha value is -2.08. The van der Waals surface area contributed by atoms with Gasteiger partial charge in [-0.2, -0.15) is 0 Å². The number of rotatable bonds is 6. The molecule has 23 heavy (non-hydrogen) atoms. The van der Waals surface area contributed by atoms with Crippen molar-refractivity contribution in [3.63, 3.8) is 0 Å². The SMILES string of the molecule is CC(C)CC(CO)N1C(=O)CC(Cc2ccc(O)cc2O)C1=O. The second kappa shape index (κ2) is 7.00. The van der Waals surface area contributed by atoms with E-state index in [1.807, 2.05) is 13.8 Å². The van der Waals surface area contributed by atoms with Gasteiger partial charge < -0.3 is 15.3 Å². The average Bonchev–Trinajstić information content (AvgIpc) is 2.74. The largest absolute Gasteiger partial charge is 0.508 e. The van der Waals surface area contributed by atoms with E-state index in [1.54, 1.807) is 6.07 Å². The second-order valence-corrected chi connectivity index (χ2v) is 6.49. The zero-order valence-corrected chi connectivity index (χ0v) is 13.4. The number of phenolic OH excluding ortho intramolecular Hbond substituents is 2. The van der Waals surface area contributed by atoms with Gasteiger partial charge in [-0.1, -0.05) is 19.9 Å². The van der Waals surface area contributed by atoms with E-state index in [0.29, 0.717) is 12.0 Å². The molecule has 1 aromatic carbocycles. The predicted octanol–water partition coefficient (Wildman–Crippen LogP) is 1.42. The molecule has 1 aromatic rings. The number of aromatic hydroxyl groups is 2. The molecule has 0 spiro atoms. The molecule has 1 aliphatic heterocycles. The number of carbonyl (C=O) groups excluding carboxylic acids is 2. The van der Waals surface area contributed by atoms with Crippen LogP contribution in [-0.4, -0.2) is 44.7 Å². The molecule has 1 fully saturated rings. The van der Waals surface area contributed by atoms with Crippen LogP contribution in [0.4, 0.5) is 0 Å². The van der Waals surface area contributed by atoms with Crippen LogP contribution in [0.25, 0.3) is 0 Å².